The first-order valence-corrected chi connectivity index (χ1v) is 5.04. The fraction of sp³-hybridized carbons (Fsp3) is 0.300. The fourth-order valence-corrected chi connectivity index (χ4v) is 1.38. The smallest absolute Gasteiger partial charge is 0.131 e. The van der Waals surface area contributed by atoms with Gasteiger partial charge in [0.15, 0.2) is 0 Å². The Morgan fingerprint density at radius 1 is 1.43 bits per heavy atom. The van der Waals surface area contributed by atoms with Gasteiger partial charge in [0.1, 0.15) is 5.78 Å². The summed E-state index contributed by atoms with van der Waals surface area (Å²) < 4.78 is 0. The number of carbonyl (C=O) groups is 1. The quantitative estimate of drug-likeness (QED) is 0.861. The Morgan fingerprint density at radius 3 is 2.79 bits per heavy atom. The van der Waals surface area contributed by atoms with Crippen LogP contribution < -0.4 is 5.32 Å². The molecule has 0 amide bonds. The summed E-state index contributed by atoms with van der Waals surface area (Å²) in [7, 11) is 0. The van der Waals surface area contributed by atoms with Crippen molar-refractivity contribution in [3.63, 3.8) is 0 Å². The summed E-state index contributed by atoms with van der Waals surface area (Å²) >= 11 is 11.7. The number of rotatable bonds is 4. The zero-order valence-electron chi connectivity index (χ0n) is 7.81. The Labute approximate surface area is 93.2 Å². The third kappa shape index (κ3) is 3.20. The van der Waals surface area contributed by atoms with E-state index < -0.39 is 0 Å². The number of nitrogens with one attached hydrogen (secondary N) is 1. The molecular weight excluding hydrogens is 221 g/mol. The van der Waals surface area contributed by atoms with Crippen LogP contribution in [0.2, 0.25) is 10.0 Å². The molecule has 0 saturated heterocycles. The molecule has 76 valence electrons. The largest absolute Gasteiger partial charge is 0.383 e. The lowest BCUT2D eigenvalue weighted by molar-refractivity contribution is -0.116. The monoisotopic (exact) mass is 231 g/mol. The molecule has 1 aromatic rings. The van der Waals surface area contributed by atoms with Crippen LogP contribution in [0.1, 0.15) is 13.3 Å². The predicted molar refractivity (Wildman–Crippen MR) is 60.2 cm³/mol. The topological polar surface area (TPSA) is 29.1 Å². The first-order chi connectivity index (χ1) is 6.61. The third-order valence-corrected chi connectivity index (χ3v) is 2.56. The summed E-state index contributed by atoms with van der Waals surface area (Å²) in [6.45, 7) is 2.14. The Kier molecular flexibility index (Phi) is 4.23. The van der Waals surface area contributed by atoms with Crippen LogP contribution >= 0.6 is 23.2 Å². The van der Waals surface area contributed by atoms with Gasteiger partial charge in [0, 0.05) is 13.0 Å². The van der Waals surface area contributed by atoms with E-state index in [1.165, 1.54) is 0 Å². The molecule has 0 unspecified atom stereocenters. The van der Waals surface area contributed by atoms with Gasteiger partial charge in [-0.3, -0.25) is 4.79 Å². The lowest BCUT2D eigenvalue weighted by Gasteiger charge is -2.07. The minimum atomic E-state index is 0.149. The van der Waals surface area contributed by atoms with Gasteiger partial charge >= 0.3 is 0 Å². The van der Waals surface area contributed by atoms with E-state index in [0.29, 0.717) is 23.0 Å². The highest BCUT2D eigenvalue weighted by Gasteiger charge is 2.03. The van der Waals surface area contributed by atoms with Gasteiger partial charge in [0.25, 0.3) is 0 Å². The van der Waals surface area contributed by atoms with Crippen molar-refractivity contribution >= 4 is 34.7 Å². The summed E-state index contributed by atoms with van der Waals surface area (Å²) in [5.74, 6) is 0.149. The van der Waals surface area contributed by atoms with Gasteiger partial charge in [0.05, 0.1) is 15.7 Å². The van der Waals surface area contributed by atoms with Crippen LogP contribution in [0.5, 0.6) is 0 Å². The van der Waals surface area contributed by atoms with Gasteiger partial charge in [0.2, 0.25) is 0 Å². The maximum atomic E-state index is 10.7. The molecule has 0 fully saturated rings. The highest BCUT2D eigenvalue weighted by atomic mass is 35.5. The van der Waals surface area contributed by atoms with Crippen LogP contribution in [-0.4, -0.2) is 12.3 Å². The van der Waals surface area contributed by atoms with Crippen LogP contribution in [0.15, 0.2) is 18.2 Å². The standard InChI is InChI=1S/C10H11Cl2NO/c1-7(14)5-6-13-9-4-2-3-8(11)10(9)12/h2-4,13H,5-6H2,1H3. The second kappa shape index (κ2) is 5.23. The molecule has 0 radical (unpaired) electrons. The van der Waals surface area contributed by atoms with E-state index in [0.717, 1.165) is 5.69 Å². The zero-order valence-corrected chi connectivity index (χ0v) is 9.32. The Hall–Kier alpha value is -0.730. The second-order valence-electron chi connectivity index (χ2n) is 2.98. The van der Waals surface area contributed by atoms with Crippen molar-refractivity contribution in [1.29, 1.82) is 0 Å². The Morgan fingerprint density at radius 2 is 2.14 bits per heavy atom. The molecule has 4 heteroatoms. The second-order valence-corrected chi connectivity index (χ2v) is 3.77. The molecule has 1 N–H and O–H groups in total. The minimum Gasteiger partial charge on any atom is -0.383 e. The molecule has 0 atom stereocenters. The van der Waals surface area contributed by atoms with Crippen LogP contribution in [0.3, 0.4) is 0 Å². The number of hydrogen-bond donors (Lipinski definition) is 1. The van der Waals surface area contributed by atoms with Crippen molar-refractivity contribution in [3.05, 3.63) is 28.2 Å². The van der Waals surface area contributed by atoms with Crippen molar-refractivity contribution in [2.24, 2.45) is 0 Å². The summed E-state index contributed by atoms with van der Waals surface area (Å²) in [4.78, 5) is 10.7. The molecule has 0 aliphatic carbocycles. The van der Waals surface area contributed by atoms with Gasteiger partial charge < -0.3 is 5.32 Å². The lowest BCUT2D eigenvalue weighted by Crippen LogP contribution is -2.06. The molecule has 0 aromatic heterocycles. The van der Waals surface area contributed by atoms with Crippen LogP contribution in [0.25, 0.3) is 0 Å². The molecule has 0 saturated carbocycles. The number of carbonyl (C=O) groups excluding carboxylic acids is 1. The number of anilines is 1. The molecule has 0 aliphatic rings. The van der Waals surface area contributed by atoms with Gasteiger partial charge in [-0.15, -0.1) is 0 Å². The van der Waals surface area contributed by atoms with Gasteiger partial charge in [-0.25, -0.2) is 0 Å². The van der Waals surface area contributed by atoms with E-state index in [1.54, 1.807) is 13.0 Å². The maximum Gasteiger partial charge on any atom is 0.131 e. The zero-order chi connectivity index (χ0) is 10.6. The number of ketones is 1. The summed E-state index contributed by atoms with van der Waals surface area (Å²) in [5.41, 5.74) is 0.764. The summed E-state index contributed by atoms with van der Waals surface area (Å²) in [6.07, 6.45) is 0.489. The molecule has 0 bridgehead atoms. The summed E-state index contributed by atoms with van der Waals surface area (Å²) in [6, 6.07) is 5.36. The van der Waals surface area contributed by atoms with Crippen molar-refractivity contribution < 1.29 is 4.79 Å². The van der Waals surface area contributed by atoms with E-state index in [4.69, 9.17) is 23.2 Å². The van der Waals surface area contributed by atoms with Crippen LogP contribution in [-0.2, 0) is 4.79 Å². The van der Waals surface area contributed by atoms with Crippen molar-refractivity contribution in [1.82, 2.24) is 0 Å². The molecule has 2 nitrogen and oxygen atoms in total. The fourth-order valence-electron chi connectivity index (χ4n) is 1.01. The first kappa shape index (κ1) is 11.3. The Bertz CT molecular complexity index is 339. The number of Topliss-reactive ketones (excluding diaryl/α,β-unsaturated/α-hetero) is 1. The average Bonchev–Trinajstić information content (AvgIpc) is 2.12. The normalized spacial score (nSPS) is 9.93. The van der Waals surface area contributed by atoms with E-state index in [-0.39, 0.29) is 5.78 Å². The molecule has 1 aromatic carbocycles. The number of benzene rings is 1. The molecule has 0 aliphatic heterocycles. The van der Waals surface area contributed by atoms with Crippen molar-refractivity contribution in [2.75, 3.05) is 11.9 Å². The molecule has 1 rings (SSSR count). The van der Waals surface area contributed by atoms with Gasteiger partial charge in [-0.05, 0) is 19.1 Å². The van der Waals surface area contributed by atoms with Crippen molar-refractivity contribution in [3.8, 4) is 0 Å². The molecular formula is C10H11Cl2NO. The summed E-state index contributed by atoms with van der Waals surface area (Å²) in [5, 5.41) is 4.06. The first-order valence-electron chi connectivity index (χ1n) is 4.28. The molecule has 0 spiro atoms. The van der Waals surface area contributed by atoms with Crippen molar-refractivity contribution in [2.45, 2.75) is 13.3 Å². The highest BCUT2D eigenvalue weighted by molar-refractivity contribution is 6.43. The van der Waals surface area contributed by atoms with E-state index in [9.17, 15) is 4.79 Å². The van der Waals surface area contributed by atoms with Crippen LogP contribution in [0, 0.1) is 0 Å². The Balaban J connectivity index is 2.59. The van der Waals surface area contributed by atoms with E-state index >= 15 is 0 Å². The predicted octanol–water partition coefficient (Wildman–Crippen LogP) is 3.38. The molecule has 14 heavy (non-hydrogen) atoms. The van der Waals surface area contributed by atoms with Gasteiger partial charge in [-0.2, -0.15) is 0 Å². The van der Waals surface area contributed by atoms with E-state index in [1.807, 2.05) is 12.1 Å². The maximum absolute atomic E-state index is 10.7. The molecule has 0 heterocycles. The third-order valence-electron chi connectivity index (χ3n) is 1.74. The minimum absolute atomic E-state index is 0.149. The van der Waals surface area contributed by atoms with E-state index in [2.05, 4.69) is 5.32 Å². The lowest BCUT2D eigenvalue weighted by atomic mass is 10.3. The number of halogens is 2. The highest BCUT2D eigenvalue weighted by Crippen LogP contribution is 2.29. The average molecular weight is 232 g/mol. The van der Waals surface area contributed by atoms with Crippen LogP contribution in [0.4, 0.5) is 5.69 Å². The SMILES string of the molecule is CC(=O)CCNc1cccc(Cl)c1Cl. The van der Waals surface area contributed by atoms with Gasteiger partial charge in [-0.1, -0.05) is 29.3 Å². The number of hydrogen-bond acceptors (Lipinski definition) is 2.